The Morgan fingerprint density at radius 3 is 2.59 bits per heavy atom. The number of carbonyl (C=O) groups is 1. The third kappa shape index (κ3) is 3.30. The van der Waals surface area contributed by atoms with Crippen molar-refractivity contribution < 1.29 is 14.3 Å². The first-order valence-electron chi connectivity index (χ1n) is 9.47. The Labute approximate surface area is 168 Å². The summed E-state index contributed by atoms with van der Waals surface area (Å²) in [5.74, 6) is 1.67. The number of hydrogen-bond donors (Lipinski definition) is 0. The molecule has 29 heavy (non-hydrogen) atoms. The molecular weight excluding hydrogens is 374 g/mol. The second kappa shape index (κ2) is 7.90. The van der Waals surface area contributed by atoms with E-state index in [9.17, 15) is 4.79 Å². The molecule has 0 aliphatic carbocycles. The smallest absolute Gasteiger partial charge is 0.257 e. The lowest BCUT2D eigenvalue weighted by Gasteiger charge is -2.35. The van der Waals surface area contributed by atoms with Crippen LogP contribution in [0.5, 0.6) is 11.5 Å². The number of anilines is 1. The molecule has 10 nitrogen and oxygen atoms in total. The van der Waals surface area contributed by atoms with Gasteiger partial charge in [0.15, 0.2) is 28.5 Å². The van der Waals surface area contributed by atoms with Crippen molar-refractivity contribution in [1.29, 1.82) is 0 Å². The molecule has 0 unspecified atom stereocenters. The number of hydrogen-bond acceptors (Lipinski definition) is 8. The zero-order valence-electron chi connectivity index (χ0n) is 16.7. The zero-order chi connectivity index (χ0) is 20.4. The van der Waals surface area contributed by atoms with Gasteiger partial charge in [-0.15, -0.1) is 5.10 Å². The van der Waals surface area contributed by atoms with E-state index in [2.05, 4.69) is 25.2 Å². The fourth-order valence-electron chi connectivity index (χ4n) is 3.57. The van der Waals surface area contributed by atoms with E-state index in [0.29, 0.717) is 55.3 Å². The number of methoxy groups -OCH3 is 2. The lowest BCUT2D eigenvalue weighted by Crippen LogP contribution is -2.49. The summed E-state index contributed by atoms with van der Waals surface area (Å²) in [6.07, 6.45) is 1.53. The molecule has 1 aliphatic heterocycles. The van der Waals surface area contributed by atoms with Gasteiger partial charge in [0, 0.05) is 32.7 Å². The molecule has 1 fully saturated rings. The zero-order valence-corrected chi connectivity index (χ0v) is 16.7. The third-order valence-corrected chi connectivity index (χ3v) is 5.08. The topological polar surface area (TPSA) is 98.5 Å². The molecule has 0 spiro atoms. The highest BCUT2D eigenvalue weighted by atomic mass is 16.5. The van der Waals surface area contributed by atoms with E-state index in [1.54, 1.807) is 30.0 Å². The minimum absolute atomic E-state index is 0.0786. The number of aryl methyl sites for hydroxylation is 1. The lowest BCUT2D eigenvalue weighted by molar-refractivity contribution is 0.0742. The van der Waals surface area contributed by atoms with E-state index in [-0.39, 0.29) is 5.91 Å². The van der Waals surface area contributed by atoms with Crippen molar-refractivity contribution in [3.63, 3.8) is 0 Å². The van der Waals surface area contributed by atoms with E-state index in [0.717, 1.165) is 11.5 Å². The maximum Gasteiger partial charge on any atom is 0.257 e. The van der Waals surface area contributed by atoms with Gasteiger partial charge in [-0.2, -0.15) is 0 Å². The van der Waals surface area contributed by atoms with Crippen LogP contribution in [-0.4, -0.2) is 76.2 Å². The molecule has 0 atom stereocenters. The van der Waals surface area contributed by atoms with Gasteiger partial charge >= 0.3 is 0 Å². The van der Waals surface area contributed by atoms with Crippen molar-refractivity contribution >= 4 is 22.9 Å². The second-order valence-corrected chi connectivity index (χ2v) is 6.60. The normalized spacial score (nSPS) is 14.3. The predicted octanol–water partition coefficient (Wildman–Crippen LogP) is 1.22. The van der Waals surface area contributed by atoms with Crippen molar-refractivity contribution in [2.24, 2.45) is 0 Å². The van der Waals surface area contributed by atoms with E-state index in [1.165, 1.54) is 13.4 Å². The molecular formula is C19H23N7O3. The number of ether oxygens (including phenoxy) is 2. The molecule has 4 rings (SSSR count). The van der Waals surface area contributed by atoms with Gasteiger partial charge in [-0.25, -0.2) is 14.6 Å². The quantitative estimate of drug-likeness (QED) is 0.634. The van der Waals surface area contributed by atoms with Gasteiger partial charge in [-0.3, -0.25) is 4.79 Å². The number of aromatic nitrogens is 5. The van der Waals surface area contributed by atoms with Crippen molar-refractivity contribution in [3.8, 4) is 11.5 Å². The summed E-state index contributed by atoms with van der Waals surface area (Å²) in [6, 6.07) is 5.32. The molecule has 1 aromatic carbocycles. The van der Waals surface area contributed by atoms with Gasteiger partial charge in [0.05, 0.1) is 19.8 Å². The van der Waals surface area contributed by atoms with Crippen molar-refractivity contribution in [2.45, 2.75) is 13.5 Å². The van der Waals surface area contributed by atoms with Crippen LogP contribution in [0.4, 0.5) is 5.82 Å². The monoisotopic (exact) mass is 397 g/mol. The SMILES string of the molecule is CCn1nnc2c(N3CCN(C(=O)c4cccc(OC)c4OC)CC3)ncnc21. The van der Waals surface area contributed by atoms with Gasteiger partial charge in [-0.1, -0.05) is 11.3 Å². The van der Waals surface area contributed by atoms with E-state index in [4.69, 9.17) is 9.47 Å². The summed E-state index contributed by atoms with van der Waals surface area (Å²) in [6.45, 7) is 5.09. The first-order valence-corrected chi connectivity index (χ1v) is 9.47. The maximum absolute atomic E-state index is 13.1. The summed E-state index contributed by atoms with van der Waals surface area (Å²) in [7, 11) is 3.10. The van der Waals surface area contributed by atoms with E-state index in [1.807, 2.05) is 11.8 Å². The Kier molecular flexibility index (Phi) is 5.15. The molecule has 2 aromatic heterocycles. The molecule has 1 aliphatic rings. The molecule has 3 aromatic rings. The Morgan fingerprint density at radius 1 is 1.10 bits per heavy atom. The largest absolute Gasteiger partial charge is 0.493 e. The number of para-hydroxylation sites is 1. The fraction of sp³-hybridized carbons (Fsp3) is 0.421. The van der Waals surface area contributed by atoms with Crippen LogP contribution in [0.2, 0.25) is 0 Å². The number of carbonyl (C=O) groups excluding carboxylic acids is 1. The number of benzene rings is 1. The van der Waals surface area contributed by atoms with Crippen molar-refractivity contribution in [2.75, 3.05) is 45.3 Å². The molecule has 0 bridgehead atoms. The Balaban J connectivity index is 1.52. The predicted molar refractivity (Wildman–Crippen MR) is 106 cm³/mol. The maximum atomic E-state index is 13.1. The van der Waals surface area contributed by atoms with Crippen LogP contribution < -0.4 is 14.4 Å². The summed E-state index contributed by atoms with van der Waals surface area (Å²) in [5.41, 5.74) is 1.90. The summed E-state index contributed by atoms with van der Waals surface area (Å²) in [5, 5.41) is 8.38. The average molecular weight is 397 g/mol. The summed E-state index contributed by atoms with van der Waals surface area (Å²) < 4.78 is 12.5. The summed E-state index contributed by atoms with van der Waals surface area (Å²) in [4.78, 5) is 25.7. The third-order valence-electron chi connectivity index (χ3n) is 5.08. The molecule has 3 heterocycles. The standard InChI is InChI=1S/C19H23N7O3/c1-4-26-18-15(22-23-26)17(20-12-21-18)24-8-10-25(11-9-24)19(27)13-6-5-7-14(28-2)16(13)29-3/h5-7,12H,4,8-11H2,1-3H3. The van der Waals surface area contributed by atoms with Crippen LogP contribution in [0, 0.1) is 0 Å². The van der Waals surface area contributed by atoms with Crippen molar-refractivity contribution in [3.05, 3.63) is 30.1 Å². The highest BCUT2D eigenvalue weighted by molar-refractivity contribution is 5.98. The molecule has 152 valence electrons. The number of nitrogens with zero attached hydrogens (tertiary/aromatic N) is 7. The van der Waals surface area contributed by atoms with Gasteiger partial charge in [0.2, 0.25) is 0 Å². The van der Waals surface area contributed by atoms with Crippen molar-refractivity contribution in [1.82, 2.24) is 29.9 Å². The average Bonchev–Trinajstić information content (AvgIpc) is 3.21. The number of rotatable bonds is 5. The van der Waals surface area contributed by atoms with Crippen LogP contribution in [0.3, 0.4) is 0 Å². The lowest BCUT2D eigenvalue weighted by atomic mass is 10.1. The molecule has 0 radical (unpaired) electrons. The van der Waals surface area contributed by atoms with Crippen LogP contribution >= 0.6 is 0 Å². The minimum atomic E-state index is -0.0786. The van der Waals surface area contributed by atoms with Crippen LogP contribution in [0.25, 0.3) is 11.2 Å². The van der Waals surface area contributed by atoms with Gasteiger partial charge in [-0.05, 0) is 19.1 Å². The van der Waals surface area contributed by atoms with Crippen LogP contribution in [0.1, 0.15) is 17.3 Å². The first kappa shape index (κ1) is 18.9. The first-order chi connectivity index (χ1) is 14.2. The Bertz CT molecular complexity index is 1030. The molecule has 10 heteroatoms. The number of piperazine rings is 1. The summed E-state index contributed by atoms with van der Waals surface area (Å²) >= 11 is 0. The van der Waals surface area contributed by atoms with Gasteiger partial charge in [0.1, 0.15) is 6.33 Å². The van der Waals surface area contributed by atoms with Crippen LogP contribution in [0.15, 0.2) is 24.5 Å². The van der Waals surface area contributed by atoms with Gasteiger partial charge in [0.25, 0.3) is 5.91 Å². The Morgan fingerprint density at radius 2 is 1.90 bits per heavy atom. The second-order valence-electron chi connectivity index (χ2n) is 6.60. The number of fused-ring (bicyclic) bond motifs is 1. The Hall–Kier alpha value is -3.43. The molecule has 0 N–H and O–H groups in total. The highest BCUT2D eigenvalue weighted by Crippen LogP contribution is 2.32. The minimum Gasteiger partial charge on any atom is -0.493 e. The van der Waals surface area contributed by atoms with Crippen LogP contribution in [-0.2, 0) is 6.54 Å². The van der Waals surface area contributed by atoms with Gasteiger partial charge < -0.3 is 19.3 Å². The molecule has 0 saturated carbocycles. The number of amides is 1. The highest BCUT2D eigenvalue weighted by Gasteiger charge is 2.27. The fourth-order valence-corrected chi connectivity index (χ4v) is 3.57. The van der Waals surface area contributed by atoms with E-state index < -0.39 is 0 Å². The molecule has 1 amide bonds. The van der Waals surface area contributed by atoms with E-state index >= 15 is 0 Å². The molecule has 1 saturated heterocycles.